The zero-order valence-corrected chi connectivity index (χ0v) is 14.5. The maximum atomic E-state index is 14.1. The number of hydrogen-bond acceptors (Lipinski definition) is 4. The average Bonchev–Trinajstić information content (AvgIpc) is 2.65. The fraction of sp³-hybridized carbons (Fsp3) is 0.263. The van der Waals surface area contributed by atoms with E-state index in [0.29, 0.717) is 11.3 Å². The van der Waals surface area contributed by atoms with E-state index in [2.05, 4.69) is 5.32 Å². The van der Waals surface area contributed by atoms with Crippen LogP contribution in [0.25, 0.3) is 0 Å². The van der Waals surface area contributed by atoms with Crippen LogP contribution >= 0.6 is 0 Å². The molecular formula is C19H20FNO5. The number of rotatable bonds is 8. The van der Waals surface area contributed by atoms with Crippen LogP contribution in [0.3, 0.4) is 0 Å². The standard InChI is InChI=1S/C19H20FNO5/c1-25-15-8-4-3-6-12(15)10-13(19(23)24)11-21-18(22)14-7-5-9-16(26-2)17(14)20/h3-9,13H,10-11H2,1-2H3,(H,21,22)(H,23,24). The van der Waals surface area contributed by atoms with E-state index in [4.69, 9.17) is 9.47 Å². The second-order valence-corrected chi connectivity index (χ2v) is 5.58. The molecule has 0 aliphatic rings. The summed E-state index contributed by atoms with van der Waals surface area (Å²) in [5, 5.41) is 11.9. The van der Waals surface area contributed by atoms with Gasteiger partial charge in [0.15, 0.2) is 11.6 Å². The van der Waals surface area contributed by atoms with Crippen LogP contribution in [0.15, 0.2) is 42.5 Å². The quantitative estimate of drug-likeness (QED) is 0.755. The number of ether oxygens (including phenoxy) is 2. The highest BCUT2D eigenvalue weighted by Gasteiger charge is 2.22. The zero-order valence-electron chi connectivity index (χ0n) is 14.5. The van der Waals surface area contributed by atoms with Crippen molar-refractivity contribution >= 4 is 11.9 Å². The highest BCUT2D eigenvalue weighted by molar-refractivity contribution is 5.95. The van der Waals surface area contributed by atoms with Gasteiger partial charge in [0.05, 0.1) is 25.7 Å². The van der Waals surface area contributed by atoms with Gasteiger partial charge >= 0.3 is 5.97 Å². The van der Waals surface area contributed by atoms with Crippen LogP contribution in [0, 0.1) is 11.7 Å². The smallest absolute Gasteiger partial charge is 0.308 e. The Bertz CT molecular complexity index is 793. The molecule has 0 fully saturated rings. The van der Waals surface area contributed by atoms with E-state index in [9.17, 15) is 19.1 Å². The Labute approximate surface area is 150 Å². The molecule has 2 rings (SSSR count). The van der Waals surface area contributed by atoms with Gasteiger partial charge in [-0.2, -0.15) is 0 Å². The third kappa shape index (κ3) is 4.50. The number of aliphatic carboxylic acids is 1. The van der Waals surface area contributed by atoms with Crippen LogP contribution in [0.2, 0.25) is 0 Å². The van der Waals surface area contributed by atoms with Crippen LogP contribution in [0.1, 0.15) is 15.9 Å². The largest absolute Gasteiger partial charge is 0.496 e. The molecule has 0 bridgehead atoms. The van der Waals surface area contributed by atoms with Gasteiger partial charge in [-0.15, -0.1) is 0 Å². The lowest BCUT2D eigenvalue weighted by Crippen LogP contribution is -2.34. The van der Waals surface area contributed by atoms with Crippen LogP contribution in [0.4, 0.5) is 4.39 Å². The molecule has 1 amide bonds. The Kier molecular flexibility index (Phi) is 6.54. The molecule has 1 unspecified atom stereocenters. The Balaban J connectivity index is 2.09. The topological polar surface area (TPSA) is 84.9 Å². The summed E-state index contributed by atoms with van der Waals surface area (Å²) in [5.74, 6) is -2.92. The predicted octanol–water partition coefficient (Wildman–Crippen LogP) is 2.52. The van der Waals surface area contributed by atoms with Crippen molar-refractivity contribution in [3.05, 3.63) is 59.4 Å². The molecule has 0 aliphatic carbocycles. The van der Waals surface area contributed by atoms with Crippen LogP contribution in [-0.2, 0) is 11.2 Å². The maximum Gasteiger partial charge on any atom is 0.308 e. The van der Waals surface area contributed by atoms with E-state index >= 15 is 0 Å². The van der Waals surface area contributed by atoms with Crippen molar-refractivity contribution in [2.75, 3.05) is 20.8 Å². The second-order valence-electron chi connectivity index (χ2n) is 5.58. The van der Waals surface area contributed by atoms with Crippen LogP contribution < -0.4 is 14.8 Å². The van der Waals surface area contributed by atoms with E-state index in [1.54, 1.807) is 24.3 Å². The molecule has 2 aromatic carbocycles. The monoisotopic (exact) mass is 361 g/mol. The zero-order chi connectivity index (χ0) is 19.1. The molecule has 7 heteroatoms. The summed E-state index contributed by atoms with van der Waals surface area (Å²) in [6.07, 6.45) is 0.167. The van der Waals surface area contributed by atoms with Gasteiger partial charge in [-0.05, 0) is 30.2 Å². The molecule has 6 nitrogen and oxygen atoms in total. The highest BCUT2D eigenvalue weighted by atomic mass is 19.1. The predicted molar refractivity (Wildman–Crippen MR) is 93.1 cm³/mol. The van der Waals surface area contributed by atoms with E-state index in [-0.39, 0.29) is 24.3 Å². The number of halogens is 1. The van der Waals surface area contributed by atoms with Gasteiger partial charge in [-0.3, -0.25) is 9.59 Å². The summed E-state index contributed by atoms with van der Waals surface area (Å²) >= 11 is 0. The van der Waals surface area contributed by atoms with Crippen LogP contribution in [-0.4, -0.2) is 37.7 Å². The van der Waals surface area contributed by atoms with Gasteiger partial charge in [0, 0.05) is 6.54 Å². The molecule has 2 aromatic rings. The van der Waals surface area contributed by atoms with Crippen molar-refractivity contribution in [1.29, 1.82) is 0 Å². The number of carboxylic acids is 1. The molecule has 0 saturated heterocycles. The molecule has 0 radical (unpaired) electrons. The van der Waals surface area contributed by atoms with E-state index in [0.717, 1.165) is 0 Å². The Morgan fingerprint density at radius 3 is 2.38 bits per heavy atom. The number of carbonyl (C=O) groups is 2. The van der Waals surface area contributed by atoms with Gasteiger partial charge in [-0.1, -0.05) is 24.3 Å². The third-order valence-corrected chi connectivity index (χ3v) is 3.94. The molecule has 0 aliphatic heterocycles. The fourth-order valence-electron chi connectivity index (χ4n) is 2.54. The molecule has 0 aromatic heterocycles. The maximum absolute atomic E-state index is 14.1. The normalized spacial score (nSPS) is 11.5. The molecule has 0 heterocycles. The summed E-state index contributed by atoms with van der Waals surface area (Å²) in [6, 6.07) is 11.3. The first kappa shape index (κ1) is 19.2. The summed E-state index contributed by atoms with van der Waals surface area (Å²) in [5.41, 5.74) is 0.509. The van der Waals surface area contributed by atoms with Crippen molar-refractivity contribution < 1.29 is 28.6 Å². The summed E-state index contributed by atoms with van der Waals surface area (Å²) in [6.45, 7) is -0.150. The minimum atomic E-state index is -1.07. The molecule has 0 saturated carbocycles. The number of benzene rings is 2. The second kappa shape index (κ2) is 8.84. The van der Waals surface area contributed by atoms with Gasteiger partial charge in [0.1, 0.15) is 5.75 Å². The minimum Gasteiger partial charge on any atom is -0.496 e. The fourth-order valence-corrected chi connectivity index (χ4v) is 2.54. The highest BCUT2D eigenvalue weighted by Crippen LogP contribution is 2.22. The van der Waals surface area contributed by atoms with Crippen LogP contribution in [0.5, 0.6) is 11.5 Å². The number of amides is 1. The lowest BCUT2D eigenvalue weighted by atomic mass is 9.98. The van der Waals surface area contributed by atoms with Crippen molar-refractivity contribution in [2.24, 2.45) is 5.92 Å². The minimum absolute atomic E-state index is 0.0542. The number of carbonyl (C=O) groups excluding carboxylic acids is 1. The van der Waals surface area contributed by atoms with Gasteiger partial charge in [0.25, 0.3) is 5.91 Å². The van der Waals surface area contributed by atoms with Gasteiger partial charge in [0.2, 0.25) is 0 Å². The van der Waals surface area contributed by atoms with Crippen molar-refractivity contribution in [2.45, 2.75) is 6.42 Å². The molecule has 26 heavy (non-hydrogen) atoms. The van der Waals surface area contributed by atoms with Crippen molar-refractivity contribution in [3.63, 3.8) is 0 Å². The average molecular weight is 361 g/mol. The van der Waals surface area contributed by atoms with E-state index < -0.39 is 23.6 Å². The first-order chi connectivity index (χ1) is 12.5. The summed E-state index contributed by atoms with van der Waals surface area (Å²) in [7, 11) is 2.80. The molecule has 1 atom stereocenters. The third-order valence-electron chi connectivity index (χ3n) is 3.94. The number of nitrogens with one attached hydrogen (secondary N) is 1. The Morgan fingerprint density at radius 2 is 1.73 bits per heavy atom. The van der Waals surface area contributed by atoms with Gasteiger partial charge < -0.3 is 19.9 Å². The first-order valence-electron chi connectivity index (χ1n) is 7.93. The number of hydrogen-bond donors (Lipinski definition) is 2. The summed E-state index contributed by atoms with van der Waals surface area (Å²) < 4.78 is 24.2. The van der Waals surface area contributed by atoms with Gasteiger partial charge in [-0.25, -0.2) is 4.39 Å². The van der Waals surface area contributed by atoms with E-state index in [1.165, 1.54) is 32.4 Å². The van der Waals surface area contributed by atoms with Crippen molar-refractivity contribution in [3.8, 4) is 11.5 Å². The molecule has 2 N–H and O–H groups in total. The van der Waals surface area contributed by atoms with E-state index in [1.807, 2.05) is 0 Å². The van der Waals surface area contributed by atoms with Crippen molar-refractivity contribution in [1.82, 2.24) is 5.32 Å². The lowest BCUT2D eigenvalue weighted by Gasteiger charge is -2.16. The molecular weight excluding hydrogens is 341 g/mol. The first-order valence-corrected chi connectivity index (χ1v) is 7.93. The number of para-hydroxylation sites is 1. The number of carboxylic acid groups (broad SMARTS) is 1. The summed E-state index contributed by atoms with van der Waals surface area (Å²) in [4.78, 5) is 23.7. The lowest BCUT2D eigenvalue weighted by molar-refractivity contribution is -0.141. The SMILES string of the molecule is COc1ccccc1CC(CNC(=O)c1cccc(OC)c1F)C(=O)O. The molecule has 138 valence electrons. The number of methoxy groups -OCH3 is 2. The Morgan fingerprint density at radius 1 is 1.08 bits per heavy atom. The Hall–Kier alpha value is -3.09. The molecule has 0 spiro atoms.